The van der Waals surface area contributed by atoms with Crippen LogP contribution in [0.4, 0.5) is 5.69 Å². The minimum absolute atomic E-state index is 0.172. The molecule has 1 aromatic heterocycles. The zero-order chi connectivity index (χ0) is 19.1. The number of rotatable bonds is 7. The highest BCUT2D eigenvalue weighted by molar-refractivity contribution is 6.30. The van der Waals surface area contributed by atoms with Gasteiger partial charge in [0, 0.05) is 18.1 Å². The molecule has 0 aliphatic carbocycles. The first-order valence-electron chi connectivity index (χ1n) is 8.88. The van der Waals surface area contributed by atoms with Gasteiger partial charge in [-0.15, -0.1) is 0 Å². The molecule has 0 saturated carbocycles. The summed E-state index contributed by atoms with van der Waals surface area (Å²) in [5.74, 6) is -0.172. The first-order chi connectivity index (χ1) is 13.1. The summed E-state index contributed by atoms with van der Waals surface area (Å²) in [7, 11) is 0. The van der Waals surface area contributed by atoms with Crippen molar-refractivity contribution in [3.8, 4) is 0 Å². The number of nitrogens with one attached hydrogen (secondary N) is 2. The molecule has 0 aliphatic rings. The number of benzene rings is 2. The van der Waals surface area contributed by atoms with E-state index in [1.807, 2.05) is 30.3 Å². The van der Waals surface area contributed by atoms with Crippen LogP contribution in [0.2, 0.25) is 5.02 Å². The van der Waals surface area contributed by atoms with Gasteiger partial charge >= 0.3 is 0 Å². The van der Waals surface area contributed by atoms with Crippen molar-refractivity contribution in [3.05, 3.63) is 94.3 Å². The molecule has 4 nitrogen and oxygen atoms in total. The Bertz CT molecular complexity index is 875. The largest absolute Gasteiger partial charge is 0.380 e. The molecule has 0 saturated heterocycles. The van der Waals surface area contributed by atoms with Gasteiger partial charge in [0.05, 0.1) is 11.9 Å². The number of hydrogen-bond donors (Lipinski definition) is 2. The molecule has 2 N–H and O–H groups in total. The Hall–Kier alpha value is -2.85. The molecule has 27 heavy (non-hydrogen) atoms. The van der Waals surface area contributed by atoms with Gasteiger partial charge in [-0.2, -0.15) is 0 Å². The summed E-state index contributed by atoms with van der Waals surface area (Å²) >= 11 is 5.87. The zero-order valence-electron chi connectivity index (χ0n) is 15.2. The fraction of sp³-hybridized carbons (Fsp3) is 0.182. The molecule has 3 rings (SSSR count). The van der Waals surface area contributed by atoms with Crippen molar-refractivity contribution in [1.82, 2.24) is 10.3 Å². The number of aryl methyl sites for hydroxylation is 1. The van der Waals surface area contributed by atoms with Gasteiger partial charge in [0.2, 0.25) is 0 Å². The smallest absolute Gasteiger partial charge is 0.269 e. The van der Waals surface area contributed by atoms with Crippen molar-refractivity contribution in [1.29, 1.82) is 0 Å². The highest BCUT2D eigenvalue weighted by atomic mass is 35.5. The lowest BCUT2D eigenvalue weighted by Crippen LogP contribution is -2.26. The topological polar surface area (TPSA) is 54.0 Å². The molecular formula is C22H22ClN3O. The highest BCUT2D eigenvalue weighted by Crippen LogP contribution is 2.11. The van der Waals surface area contributed by atoms with E-state index in [-0.39, 0.29) is 5.91 Å². The van der Waals surface area contributed by atoms with Gasteiger partial charge in [-0.05, 0) is 48.7 Å². The summed E-state index contributed by atoms with van der Waals surface area (Å²) in [5.41, 5.74) is 4.86. The Morgan fingerprint density at radius 3 is 2.33 bits per heavy atom. The first kappa shape index (κ1) is 18.9. The van der Waals surface area contributed by atoms with E-state index in [4.69, 9.17) is 11.6 Å². The number of anilines is 1. The Morgan fingerprint density at radius 1 is 0.963 bits per heavy atom. The van der Waals surface area contributed by atoms with Crippen molar-refractivity contribution in [2.45, 2.75) is 19.9 Å². The number of nitrogens with zero attached hydrogens (tertiary/aromatic N) is 1. The Labute approximate surface area is 164 Å². The molecule has 0 aliphatic heterocycles. The lowest BCUT2D eigenvalue weighted by Gasteiger charge is -2.08. The number of amides is 1. The van der Waals surface area contributed by atoms with E-state index >= 15 is 0 Å². The van der Waals surface area contributed by atoms with E-state index < -0.39 is 0 Å². The number of carbonyl (C=O) groups is 1. The lowest BCUT2D eigenvalue weighted by molar-refractivity contribution is 0.0949. The van der Waals surface area contributed by atoms with Crippen LogP contribution in [0.25, 0.3) is 0 Å². The lowest BCUT2D eigenvalue weighted by atomic mass is 10.1. The molecule has 0 bridgehead atoms. The molecular weight excluding hydrogens is 358 g/mol. The quantitative estimate of drug-likeness (QED) is 0.629. The van der Waals surface area contributed by atoms with E-state index in [2.05, 4.69) is 46.8 Å². The van der Waals surface area contributed by atoms with E-state index in [1.165, 1.54) is 11.1 Å². The van der Waals surface area contributed by atoms with Crippen molar-refractivity contribution >= 4 is 23.2 Å². The molecule has 5 heteroatoms. The number of hydrogen-bond acceptors (Lipinski definition) is 3. The zero-order valence-corrected chi connectivity index (χ0v) is 16.0. The third-order valence-electron chi connectivity index (χ3n) is 4.23. The Morgan fingerprint density at radius 2 is 1.67 bits per heavy atom. The number of carbonyl (C=O) groups excluding carboxylic acids is 1. The first-order valence-corrected chi connectivity index (χ1v) is 9.26. The van der Waals surface area contributed by atoms with Crippen LogP contribution in [0.5, 0.6) is 0 Å². The van der Waals surface area contributed by atoms with Crippen molar-refractivity contribution in [2.75, 3.05) is 11.9 Å². The Balaban J connectivity index is 1.46. The third-order valence-corrected chi connectivity index (χ3v) is 4.48. The second-order valence-electron chi connectivity index (χ2n) is 6.40. The molecule has 0 unspecified atom stereocenters. The number of pyridine rings is 1. The second kappa shape index (κ2) is 9.19. The van der Waals surface area contributed by atoms with Crippen LogP contribution in [-0.4, -0.2) is 17.4 Å². The van der Waals surface area contributed by atoms with Crippen molar-refractivity contribution in [2.24, 2.45) is 0 Å². The van der Waals surface area contributed by atoms with Gasteiger partial charge in [-0.25, -0.2) is 4.98 Å². The van der Waals surface area contributed by atoms with Gasteiger partial charge < -0.3 is 10.6 Å². The van der Waals surface area contributed by atoms with Crippen molar-refractivity contribution in [3.63, 3.8) is 0 Å². The summed E-state index contributed by atoms with van der Waals surface area (Å²) in [4.78, 5) is 16.4. The van der Waals surface area contributed by atoms with Gasteiger partial charge in [-0.1, -0.05) is 53.6 Å². The average molecular weight is 380 g/mol. The third kappa shape index (κ3) is 5.83. The van der Waals surface area contributed by atoms with E-state index in [1.54, 1.807) is 12.3 Å². The van der Waals surface area contributed by atoms with Crippen molar-refractivity contribution < 1.29 is 4.79 Å². The summed E-state index contributed by atoms with van der Waals surface area (Å²) in [6.45, 7) is 3.34. The normalized spacial score (nSPS) is 10.4. The predicted octanol–water partition coefficient (Wildman–Crippen LogP) is 4.63. The molecule has 0 fully saturated rings. The van der Waals surface area contributed by atoms with Crippen LogP contribution in [0.3, 0.4) is 0 Å². The predicted molar refractivity (Wildman–Crippen MR) is 110 cm³/mol. The minimum Gasteiger partial charge on any atom is -0.380 e. The van der Waals surface area contributed by atoms with Crippen LogP contribution < -0.4 is 10.6 Å². The van der Waals surface area contributed by atoms with Gasteiger partial charge in [0.1, 0.15) is 5.69 Å². The maximum atomic E-state index is 12.2. The number of halogens is 1. The van der Waals surface area contributed by atoms with E-state index in [0.717, 1.165) is 17.7 Å². The molecule has 0 atom stereocenters. The standard InChI is InChI=1S/C22H22ClN3O/c1-16-2-4-18(5-3-16)14-25-20-10-11-21(26-15-20)22(27)24-13-12-17-6-8-19(23)9-7-17/h2-11,15,25H,12-14H2,1H3,(H,24,27). The van der Waals surface area contributed by atoms with Gasteiger partial charge in [-0.3, -0.25) is 4.79 Å². The average Bonchev–Trinajstić information content (AvgIpc) is 2.69. The summed E-state index contributed by atoms with van der Waals surface area (Å²) < 4.78 is 0. The van der Waals surface area contributed by atoms with Crippen LogP contribution in [0, 0.1) is 6.92 Å². The molecule has 0 spiro atoms. The maximum Gasteiger partial charge on any atom is 0.269 e. The van der Waals surface area contributed by atoms with Crippen LogP contribution in [-0.2, 0) is 13.0 Å². The molecule has 138 valence electrons. The number of aromatic nitrogens is 1. The van der Waals surface area contributed by atoms with Crippen LogP contribution in [0.15, 0.2) is 66.9 Å². The fourth-order valence-electron chi connectivity index (χ4n) is 2.60. The molecule has 3 aromatic rings. The minimum atomic E-state index is -0.172. The summed E-state index contributed by atoms with van der Waals surface area (Å²) in [6.07, 6.45) is 2.43. The van der Waals surface area contributed by atoms with Crippen LogP contribution >= 0.6 is 11.6 Å². The van der Waals surface area contributed by atoms with E-state index in [0.29, 0.717) is 23.8 Å². The Kier molecular flexibility index (Phi) is 6.44. The summed E-state index contributed by atoms with van der Waals surface area (Å²) in [5, 5.41) is 6.91. The van der Waals surface area contributed by atoms with E-state index in [9.17, 15) is 4.79 Å². The second-order valence-corrected chi connectivity index (χ2v) is 6.84. The maximum absolute atomic E-state index is 12.2. The van der Waals surface area contributed by atoms with Crippen LogP contribution in [0.1, 0.15) is 27.2 Å². The molecule has 1 amide bonds. The summed E-state index contributed by atoms with van der Waals surface area (Å²) in [6, 6.07) is 19.6. The fourth-order valence-corrected chi connectivity index (χ4v) is 2.73. The van der Waals surface area contributed by atoms with Gasteiger partial charge in [0.25, 0.3) is 5.91 Å². The SMILES string of the molecule is Cc1ccc(CNc2ccc(C(=O)NCCc3ccc(Cl)cc3)nc2)cc1. The van der Waals surface area contributed by atoms with Gasteiger partial charge in [0.15, 0.2) is 0 Å². The monoisotopic (exact) mass is 379 g/mol. The molecule has 0 radical (unpaired) electrons. The molecule has 1 heterocycles. The highest BCUT2D eigenvalue weighted by Gasteiger charge is 2.06. The molecule has 2 aromatic carbocycles.